The lowest BCUT2D eigenvalue weighted by Gasteiger charge is -2.29. The Labute approximate surface area is 322 Å². The van der Waals surface area contributed by atoms with Crippen molar-refractivity contribution in [3.63, 3.8) is 0 Å². The number of hydrogen-bond acceptors (Lipinski definition) is 2. The van der Waals surface area contributed by atoms with Gasteiger partial charge in [0.25, 0.3) is 0 Å². The van der Waals surface area contributed by atoms with Crippen LogP contribution in [0.5, 0.6) is 0 Å². The summed E-state index contributed by atoms with van der Waals surface area (Å²) >= 11 is 0. The highest BCUT2D eigenvalue weighted by Crippen LogP contribution is 2.54. The van der Waals surface area contributed by atoms with Gasteiger partial charge < -0.3 is 9.32 Å². The largest absolute Gasteiger partial charge is 0.456 e. The van der Waals surface area contributed by atoms with Crippen molar-refractivity contribution in [2.45, 2.75) is 31.6 Å². The van der Waals surface area contributed by atoms with Crippen LogP contribution in [0.15, 0.2) is 186 Å². The maximum atomic E-state index is 6.72. The van der Waals surface area contributed by atoms with Crippen molar-refractivity contribution in [2.75, 3.05) is 4.90 Å². The van der Waals surface area contributed by atoms with Gasteiger partial charge in [-0.25, -0.2) is 0 Å². The predicted octanol–water partition coefficient (Wildman–Crippen LogP) is 14.4. The molecule has 9 aromatic rings. The second kappa shape index (κ2) is 11.7. The van der Waals surface area contributed by atoms with Gasteiger partial charge in [0.15, 0.2) is 0 Å². The zero-order valence-corrected chi connectivity index (χ0v) is 31.2. The molecule has 8 aromatic carbocycles. The molecule has 0 radical (unpaired) electrons. The minimum Gasteiger partial charge on any atom is -0.456 e. The molecule has 2 aliphatic rings. The van der Waals surface area contributed by atoms with Crippen LogP contribution >= 0.6 is 0 Å². The molecule has 0 fully saturated rings. The standard InChI is InChI=1S/C53H39NO/c1-52(2)44-22-10-7-19-39(44)42-29-28-38(33-47(42)52)54(37-18-13-17-35(31-37)34-15-5-4-6-16-34)48-25-14-26-50-51(48)43-32-36(27-30-49(43)55-50)53(3)45-23-11-8-20-40(45)41-21-9-12-24-46(41)53/h4-33H,1-3H3. The topological polar surface area (TPSA) is 16.4 Å². The molecule has 2 heteroatoms. The highest BCUT2D eigenvalue weighted by Gasteiger charge is 2.41. The van der Waals surface area contributed by atoms with Crippen molar-refractivity contribution < 1.29 is 4.42 Å². The molecule has 0 bridgehead atoms. The fourth-order valence-electron chi connectivity index (χ4n) is 9.78. The fourth-order valence-corrected chi connectivity index (χ4v) is 9.78. The summed E-state index contributed by atoms with van der Waals surface area (Å²) in [6.45, 7) is 7.09. The van der Waals surface area contributed by atoms with Crippen molar-refractivity contribution in [1.82, 2.24) is 0 Å². The maximum absolute atomic E-state index is 6.72. The zero-order valence-electron chi connectivity index (χ0n) is 31.2. The summed E-state index contributed by atoms with van der Waals surface area (Å²) in [4.78, 5) is 2.44. The van der Waals surface area contributed by atoms with Crippen molar-refractivity contribution in [2.24, 2.45) is 0 Å². The van der Waals surface area contributed by atoms with E-state index >= 15 is 0 Å². The number of rotatable bonds is 5. The molecule has 1 aromatic heterocycles. The van der Waals surface area contributed by atoms with E-state index in [2.05, 4.69) is 208 Å². The summed E-state index contributed by atoms with van der Waals surface area (Å²) in [7, 11) is 0. The Morgan fingerprint density at radius 1 is 0.418 bits per heavy atom. The predicted molar refractivity (Wildman–Crippen MR) is 229 cm³/mol. The number of hydrogen-bond donors (Lipinski definition) is 0. The van der Waals surface area contributed by atoms with Crippen molar-refractivity contribution in [1.29, 1.82) is 0 Å². The molecule has 11 rings (SSSR count). The first-order valence-electron chi connectivity index (χ1n) is 19.3. The number of nitrogens with zero attached hydrogens (tertiary/aromatic N) is 1. The van der Waals surface area contributed by atoms with E-state index in [9.17, 15) is 0 Å². The summed E-state index contributed by atoms with van der Waals surface area (Å²) in [5, 5.41) is 2.22. The summed E-state index contributed by atoms with van der Waals surface area (Å²) in [6.07, 6.45) is 0. The number of benzene rings is 8. The van der Waals surface area contributed by atoms with Gasteiger partial charge in [-0.2, -0.15) is 0 Å². The molecule has 0 amide bonds. The van der Waals surface area contributed by atoms with Gasteiger partial charge >= 0.3 is 0 Å². The summed E-state index contributed by atoms with van der Waals surface area (Å²) < 4.78 is 6.72. The van der Waals surface area contributed by atoms with E-state index in [0.717, 1.165) is 39.0 Å². The highest BCUT2D eigenvalue weighted by atomic mass is 16.3. The monoisotopic (exact) mass is 705 g/mol. The van der Waals surface area contributed by atoms with Crippen LogP contribution in [0.4, 0.5) is 17.1 Å². The van der Waals surface area contributed by atoms with Crippen LogP contribution in [-0.2, 0) is 10.8 Å². The summed E-state index contributed by atoms with van der Waals surface area (Å²) in [6, 6.07) is 66.6. The molecule has 55 heavy (non-hydrogen) atoms. The number of furan rings is 1. The molecule has 0 spiro atoms. The molecule has 0 aliphatic heterocycles. The molecule has 0 N–H and O–H groups in total. The average Bonchev–Trinajstić information content (AvgIpc) is 3.82. The van der Waals surface area contributed by atoms with Crippen LogP contribution in [0.25, 0.3) is 55.3 Å². The lowest BCUT2D eigenvalue weighted by Crippen LogP contribution is -2.22. The van der Waals surface area contributed by atoms with Gasteiger partial charge in [0.1, 0.15) is 11.2 Å². The second-order valence-corrected chi connectivity index (χ2v) is 15.8. The molecule has 262 valence electrons. The molecule has 0 atom stereocenters. The highest BCUT2D eigenvalue weighted by molar-refractivity contribution is 6.14. The van der Waals surface area contributed by atoms with Crippen molar-refractivity contribution in [3.05, 3.63) is 210 Å². The minimum absolute atomic E-state index is 0.133. The average molecular weight is 706 g/mol. The van der Waals surface area contributed by atoms with Crippen LogP contribution in [0.3, 0.4) is 0 Å². The van der Waals surface area contributed by atoms with E-state index < -0.39 is 0 Å². The fraction of sp³-hybridized carbons (Fsp3) is 0.0943. The van der Waals surface area contributed by atoms with Crippen molar-refractivity contribution in [3.8, 4) is 33.4 Å². The van der Waals surface area contributed by atoms with Gasteiger partial charge in [-0.3, -0.25) is 0 Å². The third kappa shape index (κ3) is 4.55. The van der Waals surface area contributed by atoms with Crippen LogP contribution in [0.2, 0.25) is 0 Å². The molecule has 2 nitrogen and oxygen atoms in total. The van der Waals surface area contributed by atoms with E-state index in [0.29, 0.717) is 0 Å². The Bertz CT molecular complexity index is 2940. The lowest BCUT2D eigenvalue weighted by atomic mass is 9.74. The van der Waals surface area contributed by atoms with Gasteiger partial charge in [-0.05, 0) is 117 Å². The normalized spacial score (nSPS) is 14.4. The molecule has 0 saturated heterocycles. The van der Waals surface area contributed by atoms with E-state index in [1.807, 2.05) is 0 Å². The summed E-state index contributed by atoms with van der Waals surface area (Å²) in [5.74, 6) is 0. The third-order valence-corrected chi connectivity index (χ3v) is 12.5. The smallest absolute Gasteiger partial charge is 0.137 e. The van der Waals surface area contributed by atoms with E-state index in [1.54, 1.807) is 0 Å². The van der Waals surface area contributed by atoms with Gasteiger partial charge in [0, 0.05) is 27.6 Å². The van der Waals surface area contributed by atoms with Crippen LogP contribution in [-0.4, -0.2) is 0 Å². The Balaban J connectivity index is 1.16. The van der Waals surface area contributed by atoms with Gasteiger partial charge in [0.2, 0.25) is 0 Å². The molecule has 0 saturated carbocycles. The quantitative estimate of drug-likeness (QED) is 0.177. The van der Waals surface area contributed by atoms with Crippen LogP contribution in [0.1, 0.15) is 48.6 Å². The number of anilines is 3. The molecule has 0 unspecified atom stereocenters. The summed E-state index contributed by atoms with van der Waals surface area (Å²) in [5.41, 5.74) is 18.9. The van der Waals surface area contributed by atoms with Gasteiger partial charge in [-0.15, -0.1) is 0 Å². The molecular formula is C53H39NO. The van der Waals surface area contributed by atoms with E-state index in [-0.39, 0.29) is 10.8 Å². The Kier molecular flexibility index (Phi) is 6.76. The Hall–Kier alpha value is -6.64. The first kappa shape index (κ1) is 31.8. The van der Waals surface area contributed by atoms with E-state index in [1.165, 1.54) is 61.2 Å². The first-order chi connectivity index (χ1) is 26.9. The lowest BCUT2D eigenvalue weighted by molar-refractivity contribution is 0.660. The van der Waals surface area contributed by atoms with Crippen molar-refractivity contribution >= 4 is 39.0 Å². The Morgan fingerprint density at radius 2 is 1.02 bits per heavy atom. The Morgan fingerprint density at radius 3 is 1.76 bits per heavy atom. The first-order valence-corrected chi connectivity index (χ1v) is 19.3. The molecular weight excluding hydrogens is 667 g/mol. The number of fused-ring (bicyclic) bond motifs is 9. The maximum Gasteiger partial charge on any atom is 0.137 e. The second-order valence-electron chi connectivity index (χ2n) is 15.8. The van der Waals surface area contributed by atoms with Crippen LogP contribution < -0.4 is 4.90 Å². The SMILES string of the molecule is CC1(C)c2ccccc2-c2ccc(N(c3cccc(-c4ccccc4)c3)c3cccc4oc5ccc(C6(C)c7ccccc7-c7ccccc76)cc5c34)cc21. The van der Waals surface area contributed by atoms with Gasteiger partial charge in [-0.1, -0.05) is 147 Å². The minimum atomic E-state index is -0.315. The molecule has 1 heterocycles. The third-order valence-electron chi connectivity index (χ3n) is 12.5. The van der Waals surface area contributed by atoms with E-state index in [4.69, 9.17) is 4.42 Å². The van der Waals surface area contributed by atoms with Gasteiger partial charge in [0.05, 0.1) is 11.1 Å². The zero-order chi connectivity index (χ0) is 36.9. The molecule has 2 aliphatic carbocycles. The van der Waals surface area contributed by atoms with Crippen LogP contribution in [0, 0.1) is 0 Å².